The summed E-state index contributed by atoms with van der Waals surface area (Å²) >= 11 is 4.08. The first-order chi connectivity index (χ1) is 12.1. The molecule has 0 aliphatic carbocycles. The van der Waals surface area contributed by atoms with Gasteiger partial charge in [-0.25, -0.2) is 4.21 Å². The van der Waals surface area contributed by atoms with Crippen LogP contribution in [0.3, 0.4) is 0 Å². The third-order valence-corrected chi connectivity index (χ3v) is 4.64. The van der Waals surface area contributed by atoms with Crippen molar-refractivity contribution < 1.29 is 18.2 Å². The van der Waals surface area contributed by atoms with Crippen molar-refractivity contribution >= 4 is 22.7 Å². The molecule has 4 nitrogen and oxygen atoms in total. The Hall–Kier alpha value is -2.50. The van der Waals surface area contributed by atoms with Gasteiger partial charge in [0, 0.05) is 0 Å². The standard InChI is InChI=1S/C19H15ClO4S/c20-18-12-17(10-11-19(18)21)25(22)24-16-8-6-15(7-9-16)23-13-14-4-2-1-3-5-14/h1-12,21H,13H2. The van der Waals surface area contributed by atoms with Crippen LogP contribution in [-0.2, 0) is 17.7 Å². The molecule has 1 unspecified atom stereocenters. The van der Waals surface area contributed by atoms with Crippen molar-refractivity contribution in [3.05, 3.63) is 83.4 Å². The van der Waals surface area contributed by atoms with Crippen LogP contribution in [0.15, 0.2) is 77.7 Å². The lowest BCUT2D eigenvalue weighted by molar-refractivity contribution is 0.306. The maximum atomic E-state index is 12.2. The third-order valence-electron chi connectivity index (χ3n) is 3.36. The molecule has 25 heavy (non-hydrogen) atoms. The number of halogens is 1. The number of phenols is 1. The average molecular weight is 375 g/mol. The number of hydrogen-bond acceptors (Lipinski definition) is 4. The Morgan fingerprint density at radius 2 is 1.60 bits per heavy atom. The van der Waals surface area contributed by atoms with E-state index in [2.05, 4.69) is 0 Å². The fourth-order valence-electron chi connectivity index (χ4n) is 2.06. The van der Waals surface area contributed by atoms with Gasteiger partial charge in [-0.15, -0.1) is 0 Å². The second-order valence-corrected chi connectivity index (χ2v) is 6.69. The summed E-state index contributed by atoms with van der Waals surface area (Å²) in [6, 6.07) is 21.0. The van der Waals surface area contributed by atoms with Crippen LogP contribution in [0.1, 0.15) is 5.56 Å². The normalized spacial score (nSPS) is 11.7. The second kappa shape index (κ2) is 8.05. The Kier molecular flexibility index (Phi) is 5.58. The number of ether oxygens (including phenoxy) is 1. The largest absolute Gasteiger partial charge is 0.506 e. The third kappa shape index (κ3) is 4.75. The van der Waals surface area contributed by atoms with E-state index >= 15 is 0 Å². The zero-order valence-corrected chi connectivity index (χ0v) is 14.7. The van der Waals surface area contributed by atoms with Crippen LogP contribution in [-0.4, -0.2) is 9.32 Å². The minimum atomic E-state index is -1.73. The minimum Gasteiger partial charge on any atom is -0.506 e. The molecule has 0 bridgehead atoms. The Balaban J connectivity index is 1.60. The van der Waals surface area contributed by atoms with E-state index in [1.54, 1.807) is 24.3 Å². The highest BCUT2D eigenvalue weighted by Gasteiger charge is 2.09. The van der Waals surface area contributed by atoms with E-state index < -0.39 is 11.1 Å². The lowest BCUT2D eigenvalue weighted by Gasteiger charge is -2.08. The highest BCUT2D eigenvalue weighted by atomic mass is 35.5. The number of aromatic hydroxyl groups is 1. The molecule has 1 N–H and O–H groups in total. The van der Waals surface area contributed by atoms with Crippen LogP contribution in [0.25, 0.3) is 0 Å². The Morgan fingerprint density at radius 1 is 0.920 bits per heavy atom. The SMILES string of the molecule is O=S(Oc1ccc(OCc2ccccc2)cc1)c1ccc(O)c(Cl)c1. The van der Waals surface area contributed by atoms with E-state index in [0.29, 0.717) is 23.0 Å². The number of rotatable bonds is 6. The fraction of sp³-hybridized carbons (Fsp3) is 0.0526. The summed E-state index contributed by atoms with van der Waals surface area (Å²) in [4.78, 5) is 0.368. The summed E-state index contributed by atoms with van der Waals surface area (Å²) in [5.41, 5.74) is 1.08. The average Bonchev–Trinajstić information content (AvgIpc) is 2.64. The summed E-state index contributed by atoms with van der Waals surface area (Å²) < 4.78 is 23.3. The predicted octanol–water partition coefficient (Wildman–Crippen LogP) is 4.73. The van der Waals surface area contributed by atoms with E-state index in [1.165, 1.54) is 18.2 Å². The Labute approximate surface area is 153 Å². The van der Waals surface area contributed by atoms with Gasteiger partial charge in [0.25, 0.3) is 0 Å². The van der Waals surface area contributed by atoms with Gasteiger partial charge in [0.15, 0.2) is 0 Å². The summed E-state index contributed by atoms with van der Waals surface area (Å²) in [7, 11) is 0. The predicted molar refractivity (Wildman–Crippen MR) is 97.4 cm³/mol. The van der Waals surface area contributed by atoms with Crippen LogP contribution in [0.5, 0.6) is 17.2 Å². The zero-order valence-electron chi connectivity index (χ0n) is 13.1. The van der Waals surface area contributed by atoms with Crippen LogP contribution in [0.4, 0.5) is 0 Å². The quantitative estimate of drug-likeness (QED) is 0.677. The molecule has 1 atom stereocenters. The van der Waals surface area contributed by atoms with Crippen molar-refractivity contribution in [2.75, 3.05) is 0 Å². The van der Waals surface area contributed by atoms with Crippen molar-refractivity contribution in [2.24, 2.45) is 0 Å². The molecule has 0 aromatic heterocycles. The number of benzene rings is 3. The van der Waals surface area contributed by atoms with E-state index in [4.69, 9.17) is 20.5 Å². The lowest BCUT2D eigenvalue weighted by Crippen LogP contribution is -2.01. The monoisotopic (exact) mass is 374 g/mol. The number of phenolic OH excluding ortho intramolecular Hbond substituents is 1. The van der Waals surface area contributed by atoms with Gasteiger partial charge in [-0.3, -0.25) is 0 Å². The van der Waals surface area contributed by atoms with Crippen LogP contribution in [0, 0.1) is 0 Å². The maximum Gasteiger partial charge on any atom is 0.240 e. The first-order valence-electron chi connectivity index (χ1n) is 7.47. The molecule has 0 spiro atoms. The molecule has 0 aliphatic heterocycles. The molecule has 0 fully saturated rings. The maximum absolute atomic E-state index is 12.2. The van der Waals surface area contributed by atoms with E-state index in [0.717, 1.165) is 5.56 Å². The summed E-state index contributed by atoms with van der Waals surface area (Å²) in [5.74, 6) is 1.06. The molecule has 128 valence electrons. The fourth-order valence-corrected chi connectivity index (χ4v) is 3.08. The first-order valence-corrected chi connectivity index (χ1v) is 8.92. The molecule has 0 saturated heterocycles. The van der Waals surface area contributed by atoms with Gasteiger partial charge < -0.3 is 14.0 Å². The van der Waals surface area contributed by atoms with E-state index in [9.17, 15) is 9.32 Å². The van der Waals surface area contributed by atoms with Gasteiger partial charge in [-0.05, 0) is 48.0 Å². The van der Waals surface area contributed by atoms with Crippen molar-refractivity contribution in [3.8, 4) is 17.2 Å². The van der Waals surface area contributed by atoms with Gasteiger partial charge in [0.2, 0.25) is 11.1 Å². The minimum absolute atomic E-state index is 0.0673. The van der Waals surface area contributed by atoms with Gasteiger partial charge in [-0.1, -0.05) is 41.9 Å². The smallest absolute Gasteiger partial charge is 0.240 e. The van der Waals surface area contributed by atoms with Crippen molar-refractivity contribution in [1.82, 2.24) is 0 Å². The summed E-state index contributed by atoms with van der Waals surface area (Å²) in [6.45, 7) is 0.471. The van der Waals surface area contributed by atoms with E-state index in [-0.39, 0.29) is 10.8 Å². The molecule has 0 radical (unpaired) electrons. The van der Waals surface area contributed by atoms with Crippen molar-refractivity contribution in [3.63, 3.8) is 0 Å². The highest BCUT2D eigenvalue weighted by molar-refractivity contribution is 7.80. The highest BCUT2D eigenvalue weighted by Crippen LogP contribution is 2.26. The van der Waals surface area contributed by atoms with Crippen LogP contribution >= 0.6 is 11.6 Å². The molecule has 0 heterocycles. The zero-order chi connectivity index (χ0) is 17.6. The van der Waals surface area contributed by atoms with Gasteiger partial charge >= 0.3 is 0 Å². The van der Waals surface area contributed by atoms with Crippen LogP contribution < -0.4 is 8.92 Å². The second-order valence-electron chi connectivity index (χ2n) is 5.18. The molecule has 3 aromatic carbocycles. The van der Waals surface area contributed by atoms with Gasteiger partial charge in [-0.2, -0.15) is 0 Å². The lowest BCUT2D eigenvalue weighted by atomic mass is 10.2. The van der Waals surface area contributed by atoms with Gasteiger partial charge in [0.05, 0.1) is 9.92 Å². The number of hydrogen-bond donors (Lipinski definition) is 1. The molecule has 0 amide bonds. The molecule has 3 aromatic rings. The molecular formula is C19H15ClO4S. The van der Waals surface area contributed by atoms with Gasteiger partial charge in [0.1, 0.15) is 23.9 Å². The molecule has 0 aliphatic rings. The summed E-state index contributed by atoms with van der Waals surface area (Å²) in [6.07, 6.45) is 0. The molecule has 6 heteroatoms. The summed E-state index contributed by atoms with van der Waals surface area (Å²) in [5, 5.41) is 9.52. The Bertz CT molecular complexity index is 866. The molecule has 3 rings (SSSR count). The topological polar surface area (TPSA) is 55.8 Å². The first kappa shape index (κ1) is 17.3. The van der Waals surface area contributed by atoms with Crippen LogP contribution in [0.2, 0.25) is 5.02 Å². The molecular weight excluding hydrogens is 360 g/mol. The molecule has 0 saturated carbocycles. The Morgan fingerprint density at radius 3 is 2.28 bits per heavy atom. The van der Waals surface area contributed by atoms with E-state index in [1.807, 2.05) is 30.3 Å². The van der Waals surface area contributed by atoms with Crippen molar-refractivity contribution in [2.45, 2.75) is 11.5 Å². The van der Waals surface area contributed by atoms with Crippen molar-refractivity contribution in [1.29, 1.82) is 0 Å².